The van der Waals surface area contributed by atoms with Crippen LogP contribution >= 0.6 is 0 Å². The van der Waals surface area contributed by atoms with Crippen molar-refractivity contribution in [2.24, 2.45) is 40.9 Å². The van der Waals surface area contributed by atoms with E-state index < -0.39 is 11.9 Å². The zero-order valence-electron chi connectivity index (χ0n) is 31.8. The van der Waals surface area contributed by atoms with E-state index in [1.807, 2.05) is 121 Å². The molecule has 5 aromatic rings. The van der Waals surface area contributed by atoms with Gasteiger partial charge in [-0.15, -0.1) is 0 Å². The Balaban J connectivity index is 1.00. The van der Waals surface area contributed by atoms with Crippen LogP contribution in [0.1, 0.15) is 25.7 Å². The largest absolute Gasteiger partial charge is 0.494 e. The van der Waals surface area contributed by atoms with Crippen LogP contribution in [-0.4, -0.2) is 38.4 Å². The Kier molecular flexibility index (Phi) is 16.8. The summed E-state index contributed by atoms with van der Waals surface area (Å²) in [6.07, 6.45) is 5.24. The van der Waals surface area contributed by atoms with Crippen LogP contribution in [-0.2, 0) is 19.1 Å². The first-order chi connectivity index (χ1) is 28.4. The van der Waals surface area contributed by atoms with Crippen LogP contribution in [0.2, 0.25) is 0 Å². The molecule has 0 radical (unpaired) electrons. The second-order valence-electron chi connectivity index (χ2n) is 12.2. The Hall–Kier alpha value is -7.48. The molecule has 14 nitrogen and oxygen atoms in total. The maximum Gasteiger partial charge on any atom is 0.330 e. The molecule has 0 aliphatic heterocycles. The highest BCUT2D eigenvalue weighted by atomic mass is 16.5. The van der Waals surface area contributed by atoms with Crippen molar-refractivity contribution in [3.63, 3.8) is 0 Å². The van der Waals surface area contributed by atoms with Crippen molar-refractivity contribution >= 4 is 57.4 Å². The number of hydrogen-bond acceptors (Lipinski definition) is 14. The topological polar surface area (TPSA) is 170 Å². The third kappa shape index (κ3) is 15.3. The zero-order chi connectivity index (χ0) is 40.6. The zero-order valence-corrected chi connectivity index (χ0v) is 31.8. The molecule has 0 atom stereocenters. The fourth-order valence-electron chi connectivity index (χ4n) is 4.69. The highest BCUT2D eigenvalue weighted by Crippen LogP contribution is 2.28. The molecule has 58 heavy (non-hydrogen) atoms. The first kappa shape index (κ1) is 41.7. The van der Waals surface area contributed by atoms with Gasteiger partial charge < -0.3 is 18.9 Å². The molecule has 0 aromatic heterocycles. The van der Waals surface area contributed by atoms with E-state index in [0.717, 1.165) is 36.5 Å². The van der Waals surface area contributed by atoms with E-state index >= 15 is 0 Å². The molecule has 5 rings (SSSR count). The Bertz CT molecular complexity index is 2030. The van der Waals surface area contributed by atoms with Crippen LogP contribution in [0.4, 0.5) is 45.5 Å². The molecule has 0 aliphatic rings. The molecule has 5 aromatic carbocycles. The first-order valence-corrected chi connectivity index (χ1v) is 18.5. The maximum absolute atomic E-state index is 11.0. The number of nitrogens with zero attached hydrogens (tertiary/aromatic N) is 8. The predicted octanol–water partition coefficient (Wildman–Crippen LogP) is 13.1. The van der Waals surface area contributed by atoms with Gasteiger partial charge in [0, 0.05) is 12.2 Å². The normalized spacial score (nSPS) is 11.3. The van der Waals surface area contributed by atoms with E-state index in [2.05, 4.69) is 54.1 Å². The summed E-state index contributed by atoms with van der Waals surface area (Å²) >= 11 is 0. The fourth-order valence-corrected chi connectivity index (χ4v) is 4.69. The molecule has 0 amide bonds. The minimum atomic E-state index is -0.418. The van der Waals surface area contributed by atoms with Gasteiger partial charge in [0.25, 0.3) is 0 Å². The second-order valence-corrected chi connectivity index (χ2v) is 12.2. The Morgan fingerprint density at radius 3 is 0.793 bits per heavy atom. The molecule has 0 spiro atoms. The van der Waals surface area contributed by atoms with Gasteiger partial charge in [0.2, 0.25) is 0 Å². The van der Waals surface area contributed by atoms with Crippen LogP contribution in [0.3, 0.4) is 0 Å². The molecule has 0 saturated heterocycles. The number of benzene rings is 5. The SMILES string of the molecule is C=CC(=O)OCCCCOc1ccc(N=Nc2ccc(N=Nc3ccc(N=Nc4ccc(N=Nc5ccc(OCCCCOC(=O)C=C)cc5)cc4)cc3)cc2)cc1. The van der Waals surface area contributed by atoms with Gasteiger partial charge in [-0.2, -0.15) is 40.9 Å². The summed E-state index contributed by atoms with van der Waals surface area (Å²) in [4.78, 5) is 22.1. The third-order valence-electron chi connectivity index (χ3n) is 7.78. The van der Waals surface area contributed by atoms with E-state index in [4.69, 9.17) is 18.9 Å². The van der Waals surface area contributed by atoms with Gasteiger partial charge >= 0.3 is 11.9 Å². The van der Waals surface area contributed by atoms with Crippen LogP contribution in [0.25, 0.3) is 0 Å². The summed E-state index contributed by atoms with van der Waals surface area (Å²) in [5.74, 6) is 0.613. The van der Waals surface area contributed by atoms with Crippen molar-refractivity contribution in [1.82, 2.24) is 0 Å². The van der Waals surface area contributed by atoms with Gasteiger partial charge in [-0.25, -0.2) is 9.59 Å². The molecule has 0 N–H and O–H groups in total. The Morgan fingerprint density at radius 2 is 0.569 bits per heavy atom. The molecular weight excluding hydrogens is 737 g/mol. The van der Waals surface area contributed by atoms with E-state index in [1.54, 1.807) is 0 Å². The van der Waals surface area contributed by atoms with Gasteiger partial charge in [0.15, 0.2) is 0 Å². The second kappa shape index (κ2) is 23.4. The molecule has 294 valence electrons. The lowest BCUT2D eigenvalue weighted by Gasteiger charge is -2.06. The number of azo groups is 4. The smallest absolute Gasteiger partial charge is 0.330 e. The molecule has 0 bridgehead atoms. The van der Waals surface area contributed by atoms with Crippen LogP contribution in [0.15, 0.2) is 188 Å². The quantitative estimate of drug-likeness (QED) is 0.0293. The van der Waals surface area contributed by atoms with Gasteiger partial charge in [-0.05, 0) is 147 Å². The molecule has 14 heteroatoms. The number of carbonyl (C=O) groups is 2. The molecule has 0 aliphatic carbocycles. The fraction of sp³-hybridized carbons (Fsp3) is 0.182. The Labute approximate surface area is 336 Å². The third-order valence-corrected chi connectivity index (χ3v) is 7.78. The highest BCUT2D eigenvalue weighted by Gasteiger charge is 2.01. The van der Waals surface area contributed by atoms with Crippen molar-refractivity contribution in [1.29, 1.82) is 0 Å². The first-order valence-electron chi connectivity index (χ1n) is 18.5. The van der Waals surface area contributed by atoms with Crippen LogP contribution in [0, 0.1) is 0 Å². The van der Waals surface area contributed by atoms with Gasteiger partial charge in [0.05, 0.1) is 71.9 Å². The van der Waals surface area contributed by atoms with E-state index in [0.29, 0.717) is 84.8 Å². The van der Waals surface area contributed by atoms with Crippen molar-refractivity contribution in [2.45, 2.75) is 25.7 Å². The number of unbranched alkanes of at least 4 members (excludes halogenated alkanes) is 2. The monoisotopic (exact) mass is 778 g/mol. The molecule has 0 heterocycles. The number of hydrogen-bond donors (Lipinski definition) is 0. The van der Waals surface area contributed by atoms with E-state index in [9.17, 15) is 9.59 Å². The maximum atomic E-state index is 11.0. The summed E-state index contributed by atoms with van der Waals surface area (Å²) < 4.78 is 21.3. The van der Waals surface area contributed by atoms with Crippen molar-refractivity contribution in [3.05, 3.63) is 147 Å². The predicted molar refractivity (Wildman–Crippen MR) is 221 cm³/mol. The lowest BCUT2D eigenvalue weighted by molar-refractivity contribution is -0.138. The molecular formula is C44H42N8O6. The minimum Gasteiger partial charge on any atom is -0.494 e. The molecule has 0 unspecified atom stereocenters. The van der Waals surface area contributed by atoms with Gasteiger partial charge in [-0.3, -0.25) is 0 Å². The number of ether oxygens (including phenoxy) is 4. The van der Waals surface area contributed by atoms with Gasteiger partial charge in [-0.1, -0.05) is 13.2 Å². The summed E-state index contributed by atoms with van der Waals surface area (Å²) in [5.41, 5.74) is 5.41. The lowest BCUT2D eigenvalue weighted by atomic mass is 10.3. The van der Waals surface area contributed by atoms with Crippen molar-refractivity contribution < 1.29 is 28.5 Å². The summed E-state index contributed by atoms with van der Waals surface area (Å²) in [5, 5.41) is 34.4. The van der Waals surface area contributed by atoms with E-state index in [1.165, 1.54) is 0 Å². The number of rotatable bonds is 22. The standard InChI is InChI=1S/C44H42N8O6/c1-3-43(53)57-31-7-5-29-55-41-25-21-39(22-26-41)51-49-37-17-13-35(14-18-37)47-45-33-9-11-34(12-10-33)46-48-36-15-19-38(20-16-36)50-52-40-23-27-42(28-24-40)56-30-6-8-32-58-44(54)4-2/h3-4,9-28H,1-2,5-8,29-32H2. The summed E-state index contributed by atoms with van der Waals surface area (Å²) in [6, 6.07) is 36.4. The average Bonchev–Trinajstić information content (AvgIpc) is 3.27. The van der Waals surface area contributed by atoms with Crippen molar-refractivity contribution in [2.75, 3.05) is 26.4 Å². The molecule has 0 saturated carbocycles. The lowest BCUT2D eigenvalue weighted by Crippen LogP contribution is -2.04. The average molecular weight is 779 g/mol. The minimum absolute atomic E-state index is 0.343. The van der Waals surface area contributed by atoms with E-state index in [-0.39, 0.29) is 0 Å². The summed E-state index contributed by atoms with van der Waals surface area (Å²) in [6.45, 7) is 8.45. The highest BCUT2D eigenvalue weighted by molar-refractivity contribution is 5.81. The molecule has 0 fully saturated rings. The number of carbonyl (C=O) groups excluding carboxylic acids is 2. The summed E-state index contributed by atoms with van der Waals surface area (Å²) in [7, 11) is 0. The van der Waals surface area contributed by atoms with Crippen LogP contribution < -0.4 is 9.47 Å². The van der Waals surface area contributed by atoms with Gasteiger partial charge in [0.1, 0.15) is 11.5 Å². The van der Waals surface area contributed by atoms with Crippen LogP contribution in [0.5, 0.6) is 11.5 Å². The van der Waals surface area contributed by atoms with Crippen molar-refractivity contribution in [3.8, 4) is 11.5 Å². The Morgan fingerprint density at radius 1 is 0.362 bits per heavy atom. The number of esters is 2.